The van der Waals surface area contributed by atoms with Crippen molar-refractivity contribution in [3.05, 3.63) is 81.0 Å². The van der Waals surface area contributed by atoms with Crippen molar-refractivity contribution in [1.29, 1.82) is 0 Å². The molecule has 2 aromatic heterocycles. The molecule has 1 amide bonds. The van der Waals surface area contributed by atoms with Gasteiger partial charge < -0.3 is 5.11 Å². The zero-order valence-corrected chi connectivity index (χ0v) is 20.4. The zero-order valence-electron chi connectivity index (χ0n) is 18.8. The van der Waals surface area contributed by atoms with Gasteiger partial charge in [0, 0.05) is 10.4 Å². The van der Waals surface area contributed by atoms with E-state index in [0.29, 0.717) is 26.6 Å². The van der Waals surface area contributed by atoms with Gasteiger partial charge in [0.25, 0.3) is 11.5 Å². The Kier molecular flexibility index (Phi) is 7.44. The van der Waals surface area contributed by atoms with Crippen LogP contribution in [0.25, 0.3) is 15.9 Å². The van der Waals surface area contributed by atoms with E-state index in [1.807, 2.05) is 37.3 Å². The number of carbonyl (C=O) groups is 1. The number of nitrogens with one attached hydrogen (secondary N) is 1. The maximum absolute atomic E-state index is 13.6. The predicted molar refractivity (Wildman–Crippen MR) is 139 cm³/mol. The van der Waals surface area contributed by atoms with Crippen molar-refractivity contribution in [3.63, 3.8) is 0 Å². The normalized spacial score (nSPS) is 11.4. The van der Waals surface area contributed by atoms with Gasteiger partial charge in [0.15, 0.2) is 5.16 Å². The number of thioether (sulfide) groups is 1. The average molecular weight is 493 g/mol. The fourth-order valence-corrected chi connectivity index (χ4v) is 5.64. The molecule has 0 radical (unpaired) electrons. The highest BCUT2D eigenvalue weighted by Gasteiger charge is 2.19. The van der Waals surface area contributed by atoms with Crippen molar-refractivity contribution in [3.8, 4) is 11.4 Å². The third-order valence-electron chi connectivity index (χ3n) is 5.19. The molecule has 0 fully saturated rings. The summed E-state index contributed by atoms with van der Waals surface area (Å²) in [5, 5.41) is 14.8. The summed E-state index contributed by atoms with van der Waals surface area (Å²) in [6.45, 7) is 4.09. The van der Waals surface area contributed by atoms with Crippen LogP contribution in [-0.2, 0) is 11.2 Å². The smallest absolute Gasteiger partial charge is 0.267 e. The molecule has 0 bridgehead atoms. The minimum Gasteiger partial charge on any atom is -0.507 e. The third-order valence-corrected chi connectivity index (χ3v) is 7.37. The van der Waals surface area contributed by atoms with Crippen molar-refractivity contribution < 1.29 is 9.90 Å². The Morgan fingerprint density at radius 1 is 1.21 bits per heavy atom. The lowest BCUT2D eigenvalue weighted by Gasteiger charge is -2.12. The van der Waals surface area contributed by atoms with Crippen LogP contribution in [0.15, 0.2) is 69.6 Å². The summed E-state index contributed by atoms with van der Waals surface area (Å²) in [4.78, 5) is 32.6. The van der Waals surface area contributed by atoms with Gasteiger partial charge in [0.05, 0.1) is 23.0 Å². The van der Waals surface area contributed by atoms with E-state index in [1.54, 1.807) is 40.2 Å². The lowest BCUT2D eigenvalue weighted by atomic mass is 10.1. The first kappa shape index (κ1) is 23.7. The van der Waals surface area contributed by atoms with Gasteiger partial charge >= 0.3 is 0 Å². The summed E-state index contributed by atoms with van der Waals surface area (Å²) in [5.74, 6) is -0.248. The fraction of sp³-hybridized carbons (Fsp3) is 0.200. The minimum absolute atomic E-state index is 0.0229. The summed E-state index contributed by atoms with van der Waals surface area (Å²) in [6.07, 6.45) is 3.27. The molecule has 2 heterocycles. The molecule has 7 nitrogen and oxygen atoms in total. The summed E-state index contributed by atoms with van der Waals surface area (Å²) in [7, 11) is 0. The molecule has 0 aliphatic heterocycles. The molecule has 2 aromatic carbocycles. The van der Waals surface area contributed by atoms with Crippen LogP contribution in [0.5, 0.6) is 5.75 Å². The van der Waals surface area contributed by atoms with E-state index in [0.717, 1.165) is 18.4 Å². The molecule has 2 N–H and O–H groups in total. The van der Waals surface area contributed by atoms with Crippen LogP contribution < -0.4 is 11.0 Å². The number of aryl methyl sites for hydroxylation is 2. The molecule has 0 atom stereocenters. The highest BCUT2D eigenvalue weighted by Crippen LogP contribution is 2.31. The SMILES string of the molecule is CCCc1sc2nc(SCC(=O)NN=Cc3ccccc3O)n(-c3ccccc3)c(=O)c2c1C. The lowest BCUT2D eigenvalue weighted by molar-refractivity contribution is -0.118. The number of aromatic hydroxyl groups is 1. The quantitative estimate of drug-likeness (QED) is 0.161. The first-order chi connectivity index (χ1) is 16.5. The first-order valence-corrected chi connectivity index (χ1v) is 12.6. The molecule has 4 aromatic rings. The summed E-state index contributed by atoms with van der Waals surface area (Å²) < 4.78 is 1.57. The van der Waals surface area contributed by atoms with E-state index in [4.69, 9.17) is 4.98 Å². The number of rotatable bonds is 8. The molecule has 0 unspecified atom stereocenters. The molecule has 34 heavy (non-hydrogen) atoms. The van der Waals surface area contributed by atoms with Gasteiger partial charge in [-0.25, -0.2) is 10.4 Å². The number of phenols is 1. The zero-order chi connectivity index (χ0) is 24.1. The van der Waals surface area contributed by atoms with Crippen LogP contribution in [0.2, 0.25) is 0 Å². The molecule has 0 aliphatic rings. The Morgan fingerprint density at radius 3 is 2.68 bits per heavy atom. The Hall–Kier alpha value is -3.43. The van der Waals surface area contributed by atoms with E-state index < -0.39 is 0 Å². The van der Waals surface area contributed by atoms with Crippen LogP contribution in [0.4, 0.5) is 0 Å². The maximum atomic E-state index is 13.6. The topological polar surface area (TPSA) is 96.6 Å². The Labute approximate surface area is 205 Å². The van der Waals surface area contributed by atoms with Crippen molar-refractivity contribution in [2.24, 2.45) is 5.10 Å². The highest BCUT2D eigenvalue weighted by molar-refractivity contribution is 7.99. The number of hydrazone groups is 1. The minimum atomic E-state index is -0.348. The molecule has 174 valence electrons. The van der Waals surface area contributed by atoms with Crippen molar-refractivity contribution >= 4 is 45.4 Å². The van der Waals surface area contributed by atoms with Gasteiger partial charge in [-0.05, 0) is 43.2 Å². The molecule has 9 heteroatoms. The van der Waals surface area contributed by atoms with Crippen LogP contribution >= 0.6 is 23.1 Å². The van der Waals surface area contributed by atoms with Crippen LogP contribution in [0.1, 0.15) is 29.3 Å². The number of hydrogen-bond donors (Lipinski definition) is 2. The number of hydrogen-bond acceptors (Lipinski definition) is 7. The number of thiophene rings is 1. The maximum Gasteiger partial charge on any atom is 0.267 e. The number of phenolic OH excluding ortho intramolecular Hbond substituents is 1. The Morgan fingerprint density at radius 2 is 1.94 bits per heavy atom. The van der Waals surface area contributed by atoms with Gasteiger partial charge in [-0.3, -0.25) is 14.2 Å². The number of aromatic nitrogens is 2. The first-order valence-electron chi connectivity index (χ1n) is 10.8. The third kappa shape index (κ3) is 5.05. The van der Waals surface area contributed by atoms with Gasteiger partial charge in [-0.2, -0.15) is 5.10 Å². The molecule has 0 spiro atoms. The second-order valence-electron chi connectivity index (χ2n) is 7.59. The number of para-hydroxylation sites is 2. The van der Waals surface area contributed by atoms with E-state index in [2.05, 4.69) is 17.5 Å². The summed E-state index contributed by atoms with van der Waals surface area (Å²) in [5.41, 5.74) is 4.50. The average Bonchev–Trinajstić information content (AvgIpc) is 3.15. The molecule has 0 aliphatic carbocycles. The number of fused-ring (bicyclic) bond motifs is 1. The molecule has 0 saturated heterocycles. The van der Waals surface area contributed by atoms with Crippen LogP contribution in [0, 0.1) is 6.92 Å². The monoisotopic (exact) mass is 492 g/mol. The number of carbonyl (C=O) groups excluding carboxylic acids is 1. The van der Waals surface area contributed by atoms with E-state index in [1.165, 1.54) is 22.9 Å². The van der Waals surface area contributed by atoms with Gasteiger partial charge in [0.1, 0.15) is 10.6 Å². The summed E-state index contributed by atoms with van der Waals surface area (Å²) in [6, 6.07) is 16.0. The van der Waals surface area contributed by atoms with Gasteiger partial charge in [-0.1, -0.05) is 55.4 Å². The largest absolute Gasteiger partial charge is 0.507 e. The Bertz CT molecular complexity index is 1410. The molecule has 0 saturated carbocycles. The molecule has 4 rings (SSSR count). The number of benzene rings is 2. The second kappa shape index (κ2) is 10.7. The van der Waals surface area contributed by atoms with E-state index in [-0.39, 0.29) is 23.0 Å². The van der Waals surface area contributed by atoms with Crippen molar-refractivity contribution in [1.82, 2.24) is 15.0 Å². The molecular formula is C25H24N4O3S2. The van der Waals surface area contributed by atoms with Gasteiger partial charge in [0.2, 0.25) is 0 Å². The summed E-state index contributed by atoms with van der Waals surface area (Å²) >= 11 is 2.72. The number of amides is 1. The van der Waals surface area contributed by atoms with Crippen molar-refractivity contribution in [2.75, 3.05) is 5.75 Å². The van der Waals surface area contributed by atoms with Gasteiger partial charge in [-0.15, -0.1) is 11.3 Å². The van der Waals surface area contributed by atoms with Crippen LogP contribution in [0.3, 0.4) is 0 Å². The van der Waals surface area contributed by atoms with Crippen LogP contribution in [-0.4, -0.2) is 32.5 Å². The second-order valence-corrected chi connectivity index (χ2v) is 9.62. The Balaban J connectivity index is 1.61. The lowest BCUT2D eigenvalue weighted by Crippen LogP contribution is -2.24. The predicted octanol–water partition coefficient (Wildman–Crippen LogP) is 4.66. The number of nitrogens with zero attached hydrogens (tertiary/aromatic N) is 3. The van der Waals surface area contributed by atoms with Crippen molar-refractivity contribution in [2.45, 2.75) is 31.8 Å². The molecular weight excluding hydrogens is 468 g/mol. The van der Waals surface area contributed by atoms with E-state index in [9.17, 15) is 14.7 Å². The van der Waals surface area contributed by atoms with E-state index >= 15 is 0 Å². The fourth-order valence-electron chi connectivity index (χ4n) is 3.51. The standard InChI is InChI=1S/C25H24N4O3S2/c1-3-9-20-16(2)22-23(34-20)27-25(29(24(22)32)18-11-5-4-6-12-18)33-15-21(31)28-26-14-17-10-7-8-13-19(17)30/h4-8,10-14,30H,3,9,15H2,1-2H3,(H,28,31). The highest BCUT2D eigenvalue weighted by atomic mass is 32.2.